The van der Waals surface area contributed by atoms with Gasteiger partial charge in [0.1, 0.15) is 0 Å². The van der Waals surface area contributed by atoms with Gasteiger partial charge in [-0.2, -0.15) is 0 Å². The number of nitrogens with zero attached hydrogens (tertiary/aromatic N) is 1. The normalized spacial score (nSPS) is 22.1. The van der Waals surface area contributed by atoms with E-state index < -0.39 is 0 Å². The molecule has 1 aliphatic heterocycles. The zero-order chi connectivity index (χ0) is 13.2. The van der Waals surface area contributed by atoms with Crippen LogP contribution < -0.4 is 5.73 Å². The minimum absolute atomic E-state index is 0.0799. The van der Waals surface area contributed by atoms with Gasteiger partial charge in [-0.15, -0.1) is 0 Å². The molecule has 0 aliphatic carbocycles. The van der Waals surface area contributed by atoms with Gasteiger partial charge >= 0.3 is 0 Å². The fourth-order valence-electron chi connectivity index (χ4n) is 2.77. The van der Waals surface area contributed by atoms with Crippen molar-refractivity contribution >= 4 is 0 Å². The van der Waals surface area contributed by atoms with E-state index in [1.807, 2.05) is 0 Å². The molecule has 0 aromatic heterocycles. The number of likely N-dealkylation sites (tertiary alicyclic amines) is 1. The molecule has 2 heteroatoms. The monoisotopic (exact) mass is 246 g/mol. The number of piperidine rings is 1. The van der Waals surface area contributed by atoms with Crippen LogP contribution in [0.3, 0.4) is 0 Å². The Labute approximate surface area is 111 Å². The van der Waals surface area contributed by atoms with E-state index in [9.17, 15) is 0 Å². The first-order valence-corrected chi connectivity index (χ1v) is 7.02. The average Bonchev–Trinajstić information content (AvgIpc) is 2.39. The van der Waals surface area contributed by atoms with Crippen LogP contribution >= 0.6 is 0 Å². The first kappa shape index (κ1) is 13.6. The highest BCUT2D eigenvalue weighted by atomic mass is 15.1. The van der Waals surface area contributed by atoms with E-state index in [2.05, 4.69) is 50.1 Å². The summed E-state index contributed by atoms with van der Waals surface area (Å²) in [6.45, 7) is 7.57. The number of likely N-dealkylation sites (N-methyl/N-ethyl adjacent to an activating group) is 1. The Bertz CT molecular complexity index is 398. The van der Waals surface area contributed by atoms with Crippen molar-refractivity contribution < 1.29 is 0 Å². The molecule has 0 radical (unpaired) electrons. The lowest BCUT2D eigenvalue weighted by Gasteiger charge is -2.31. The van der Waals surface area contributed by atoms with E-state index in [1.165, 1.54) is 37.1 Å². The molecule has 1 saturated heterocycles. The van der Waals surface area contributed by atoms with Gasteiger partial charge in [-0.25, -0.2) is 0 Å². The molecule has 0 bridgehead atoms. The maximum absolute atomic E-state index is 5.88. The van der Waals surface area contributed by atoms with Crippen molar-refractivity contribution in [2.24, 2.45) is 5.73 Å². The van der Waals surface area contributed by atoms with Gasteiger partial charge < -0.3 is 10.6 Å². The van der Waals surface area contributed by atoms with Gasteiger partial charge in [0.2, 0.25) is 0 Å². The van der Waals surface area contributed by atoms with E-state index in [0.717, 1.165) is 0 Å². The minimum Gasteiger partial charge on any atom is -0.330 e. The molecule has 2 nitrogen and oxygen atoms in total. The second-order valence-electron chi connectivity index (χ2n) is 6.31. The number of nitrogens with two attached hydrogens (primary N) is 1. The predicted octanol–water partition coefficient (Wildman–Crippen LogP) is 2.73. The Morgan fingerprint density at radius 3 is 2.83 bits per heavy atom. The number of hydrogen-bond donors (Lipinski definition) is 1. The highest BCUT2D eigenvalue weighted by Crippen LogP contribution is 2.30. The van der Waals surface area contributed by atoms with Crippen molar-refractivity contribution in [2.75, 3.05) is 26.7 Å². The predicted molar refractivity (Wildman–Crippen MR) is 78.0 cm³/mol. The maximum atomic E-state index is 5.88. The van der Waals surface area contributed by atoms with Gasteiger partial charge in [-0.3, -0.25) is 0 Å². The third kappa shape index (κ3) is 2.93. The molecule has 2 N–H and O–H groups in total. The molecule has 0 saturated carbocycles. The summed E-state index contributed by atoms with van der Waals surface area (Å²) < 4.78 is 0. The molecule has 2 rings (SSSR count). The van der Waals surface area contributed by atoms with Crippen molar-refractivity contribution in [1.29, 1.82) is 0 Å². The summed E-state index contributed by atoms with van der Waals surface area (Å²) in [4.78, 5) is 2.44. The summed E-state index contributed by atoms with van der Waals surface area (Å²) >= 11 is 0. The van der Waals surface area contributed by atoms with Crippen molar-refractivity contribution in [3.63, 3.8) is 0 Å². The highest BCUT2D eigenvalue weighted by Gasteiger charge is 2.22. The molecule has 0 amide bonds. The quantitative estimate of drug-likeness (QED) is 0.888. The van der Waals surface area contributed by atoms with E-state index in [0.29, 0.717) is 12.5 Å². The molecule has 18 heavy (non-hydrogen) atoms. The third-order valence-corrected chi connectivity index (χ3v) is 4.27. The van der Waals surface area contributed by atoms with Crippen LogP contribution in [0.5, 0.6) is 0 Å². The lowest BCUT2D eigenvalue weighted by atomic mass is 9.81. The van der Waals surface area contributed by atoms with Gasteiger partial charge in [0, 0.05) is 18.5 Å². The van der Waals surface area contributed by atoms with Crippen LogP contribution in [-0.2, 0) is 5.41 Å². The molecule has 100 valence electrons. The van der Waals surface area contributed by atoms with E-state index in [4.69, 9.17) is 5.73 Å². The largest absolute Gasteiger partial charge is 0.330 e. The smallest absolute Gasteiger partial charge is 0.00472 e. The van der Waals surface area contributed by atoms with E-state index in [1.54, 1.807) is 0 Å². The van der Waals surface area contributed by atoms with Crippen LogP contribution in [-0.4, -0.2) is 31.6 Å². The molecule has 1 aromatic carbocycles. The lowest BCUT2D eigenvalue weighted by Crippen LogP contribution is -2.31. The maximum Gasteiger partial charge on any atom is 0.00472 e. The molecular weight excluding hydrogens is 220 g/mol. The minimum atomic E-state index is 0.0799. The fraction of sp³-hybridized carbons (Fsp3) is 0.625. The Morgan fingerprint density at radius 2 is 2.17 bits per heavy atom. The van der Waals surface area contributed by atoms with Crippen LogP contribution in [0.2, 0.25) is 0 Å². The van der Waals surface area contributed by atoms with Gasteiger partial charge in [0.15, 0.2) is 0 Å². The van der Waals surface area contributed by atoms with Gasteiger partial charge in [0.05, 0.1) is 0 Å². The summed E-state index contributed by atoms with van der Waals surface area (Å²) in [5.41, 5.74) is 8.82. The summed E-state index contributed by atoms with van der Waals surface area (Å²) in [6, 6.07) is 9.05. The Balaban J connectivity index is 2.21. The third-order valence-electron chi connectivity index (χ3n) is 4.27. The fourth-order valence-corrected chi connectivity index (χ4v) is 2.77. The summed E-state index contributed by atoms with van der Waals surface area (Å²) in [6.07, 6.45) is 2.63. The molecular formula is C16H26N2. The lowest BCUT2D eigenvalue weighted by molar-refractivity contribution is 0.250. The molecule has 0 spiro atoms. The Hall–Kier alpha value is -0.860. The van der Waals surface area contributed by atoms with Crippen molar-refractivity contribution in [3.05, 3.63) is 35.4 Å². The van der Waals surface area contributed by atoms with Gasteiger partial charge in [0.25, 0.3) is 0 Å². The second-order valence-corrected chi connectivity index (χ2v) is 6.31. The second kappa shape index (κ2) is 5.41. The molecule has 1 fully saturated rings. The average molecular weight is 246 g/mol. The van der Waals surface area contributed by atoms with Crippen LogP contribution in [0.15, 0.2) is 24.3 Å². The van der Waals surface area contributed by atoms with E-state index in [-0.39, 0.29) is 5.41 Å². The zero-order valence-electron chi connectivity index (χ0n) is 11.9. The van der Waals surface area contributed by atoms with Gasteiger partial charge in [-0.05, 0) is 43.5 Å². The SMILES string of the molecule is CN1CCCC(c2cccc(C(C)(C)CN)c2)C1. The zero-order valence-corrected chi connectivity index (χ0v) is 11.9. The highest BCUT2D eigenvalue weighted by molar-refractivity contribution is 5.32. The first-order chi connectivity index (χ1) is 8.53. The van der Waals surface area contributed by atoms with Crippen LogP contribution in [0.1, 0.15) is 43.7 Å². The first-order valence-electron chi connectivity index (χ1n) is 7.02. The topological polar surface area (TPSA) is 29.3 Å². The molecule has 1 heterocycles. The van der Waals surface area contributed by atoms with E-state index >= 15 is 0 Å². The molecule has 1 atom stereocenters. The standard InChI is InChI=1S/C16H26N2/c1-16(2,12-17)15-8-4-6-13(10-15)14-7-5-9-18(3)11-14/h4,6,8,10,14H,5,7,9,11-12,17H2,1-3H3. The summed E-state index contributed by atoms with van der Waals surface area (Å²) in [5, 5.41) is 0. The van der Waals surface area contributed by atoms with Crippen molar-refractivity contribution in [3.8, 4) is 0 Å². The number of rotatable bonds is 3. The van der Waals surface area contributed by atoms with Crippen molar-refractivity contribution in [1.82, 2.24) is 4.90 Å². The number of hydrogen-bond acceptors (Lipinski definition) is 2. The summed E-state index contributed by atoms with van der Waals surface area (Å²) in [5.74, 6) is 0.692. The van der Waals surface area contributed by atoms with Crippen molar-refractivity contribution in [2.45, 2.75) is 38.0 Å². The Kier molecular flexibility index (Phi) is 4.08. The summed E-state index contributed by atoms with van der Waals surface area (Å²) in [7, 11) is 2.22. The Morgan fingerprint density at radius 1 is 1.39 bits per heavy atom. The van der Waals surface area contributed by atoms with Crippen LogP contribution in [0, 0.1) is 0 Å². The van der Waals surface area contributed by atoms with Crippen LogP contribution in [0.25, 0.3) is 0 Å². The molecule has 1 aromatic rings. The number of benzene rings is 1. The molecule has 1 aliphatic rings. The van der Waals surface area contributed by atoms with Crippen LogP contribution in [0.4, 0.5) is 0 Å². The molecule has 1 unspecified atom stereocenters. The van der Waals surface area contributed by atoms with Gasteiger partial charge in [-0.1, -0.05) is 38.1 Å².